The third kappa shape index (κ3) is 2.77. The average molecular weight is 322 g/mol. The van der Waals surface area contributed by atoms with Gasteiger partial charge in [-0.2, -0.15) is 5.10 Å². The van der Waals surface area contributed by atoms with Crippen molar-refractivity contribution in [2.24, 2.45) is 5.73 Å². The number of carbonyl (C=O) groups is 1. The van der Waals surface area contributed by atoms with E-state index < -0.39 is 6.04 Å². The van der Waals surface area contributed by atoms with Crippen molar-refractivity contribution in [3.8, 4) is 0 Å². The minimum Gasteiger partial charge on any atom is -0.317 e. The number of hydrogen-bond acceptors (Lipinski definition) is 3. The van der Waals surface area contributed by atoms with Crippen molar-refractivity contribution in [2.45, 2.75) is 25.9 Å². The van der Waals surface area contributed by atoms with Crippen LogP contribution in [0, 0.1) is 0 Å². The van der Waals surface area contributed by atoms with E-state index in [9.17, 15) is 4.79 Å². The number of ketones is 1. The molecule has 0 radical (unpaired) electrons. The average Bonchev–Trinajstić information content (AvgIpc) is 2.80. The number of nitrogens with two attached hydrogens (primary N) is 1. The van der Waals surface area contributed by atoms with Gasteiger partial charge in [0.05, 0.1) is 16.7 Å². The molecule has 1 heterocycles. The van der Waals surface area contributed by atoms with Crippen LogP contribution in [0.5, 0.6) is 0 Å². The molecule has 0 amide bonds. The van der Waals surface area contributed by atoms with Crippen molar-refractivity contribution in [1.82, 2.24) is 9.78 Å². The first-order valence-corrected chi connectivity index (χ1v) is 6.89. The summed E-state index contributed by atoms with van der Waals surface area (Å²) in [6, 6.07) is 8.78. The molecule has 1 aromatic carbocycles. The van der Waals surface area contributed by atoms with E-state index in [2.05, 4.69) is 21.0 Å². The predicted octanol–water partition coefficient (Wildman–Crippen LogP) is 3.11. The Morgan fingerprint density at radius 3 is 2.53 bits per heavy atom. The maximum atomic E-state index is 12.5. The zero-order valence-electron chi connectivity index (χ0n) is 10.9. The normalized spacial score (nSPS) is 12.7. The van der Waals surface area contributed by atoms with E-state index in [0.29, 0.717) is 10.2 Å². The van der Waals surface area contributed by atoms with Crippen LogP contribution >= 0.6 is 15.9 Å². The van der Waals surface area contributed by atoms with Crippen LogP contribution in [0.2, 0.25) is 0 Å². The number of benzene rings is 1. The van der Waals surface area contributed by atoms with Crippen LogP contribution in [-0.4, -0.2) is 15.6 Å². The van der Waals surface area contributed by atoms with Gasteiger partial charge < -0.3 is 5.73 Å². The minimum atomic E-state index is -0.674. The Bertz CT molecular complexity index is 578. The van der Waals surface area contributed by atoms with Gasteiger partial charge in [-0.1, -0.05) is 30.3 Å². The molecule has 0 fully saturated rings. The fraction of sp³-hybridized carbons (Fsp3) is 0.286. The number of rotatable bonds is 4. The SMILES string of the molecule is CC(C)n1ncc(Br)c1C(=O)C(N)c1ccccc1. The highest BCUT2D eigenvalue weighted by molar-refractivity contribution is 9.10. The maximum Gasteiger partial charge on any atom is 0.203 e. The van der Waals surface area contributed by atoms with Crippen molar-refractivity contribution >= 4 is 21.7 Å². The molecular formula is C14H16BrN3O. The van der Waals surface area contributed by atoms with Gasteiger partial charge in [-0.25, -0.2) is 0 Å². The van der Waals surface area contributed by atoms with Crippen LogP contribution in [0.3, 0.4) is 0 Å². The summed E-state index contributed by atoms with van der Waals surface area (Å²) < 4.78 is 2.37. The molecular weight excluding hydrogens is 306 g/mol. The summed E-state index contributed by atoms with van der Waals surface area (Å²) >= 11 is 3.37. The van der Waals surface area contributed by atoms with Gasteiger partial charge in [0.1, 0.15) is 5.69 Å². The molecule has 0 spiro atoms. The monoisotopic (exact) mass is 321 g/mol. The molecule has 0 aliphatic heterocycles. The molecule has 1 aromatic heterocycles. The smallest absolute Gasteiger partial charge is 0.203 e. The second kappa shape index (κ2) is 5.67. The van der Waals surface area contributed by atoms with E-state index in [1.807, 2.05) is 44.2 Å². The zero-order valence-corrected chi connectivity index (χ0v) is 12.5. The lowest BCUT2D eigenvalue weighted by Gasteiger charge is -2.15. The molecule has 2 aromatic rings. The summed E-state index contributed by atoms with van der Waals surface area (Å²) in [5, 5.41) is 4.21. The number of halogens is 1. The third-order valence-corrected chi connectivity index (χ3v) is 3.49. The Kier molecular flexibility index (Phi) is 4.17. The highest BCUT2D eigenvalue weighted by Gasteiger charge is 2.25. The molecule has 0 saturated carbocycles. The Balaban J connectivity index is 2.37. The maximum absolute atomic E-state index is 12.5. The first kappa shape index (κ1) is 14.0. The van der Waals surface area contributed by atoms with E-state index in [0.717, 1.165) is 5.56 Å². The predicted molar refractivity (Wildman–Crippen MR) is 78.0 cm³/mol. The van der Waals surface area contributed by atoms with Gasteiger partial charge in [0.2, 0.25) is 5.78 Å². The van der Waals surface area contributed by atoms with Gasteiger partial charge in [-0.3, -0.25) is 9.48 Å². The van der Waals surface area contributed by atoms with Crippen LogP contribution in [0.4, 0.5) is 0 Å². The highest BCUT2D eigenvalue weighted by atomic mass is 79.9. The summed E-state index contributed by atoms with van der Waals surface area (Å²) in [6.07, 6.45) is 1.63. The summed E-state index contributed by atoms with van der Waals surface area (Å²) in [5.41, 5.74) is 7.38. The lowest BCUT2D eigenvalue weighted by molar-refractivity contribution is 0.0948. The van der Waals surface area contributed by atoms with Gasteiger partial charge in [0, 0.05) is 6.04 Å². The minimum absolute atomic E-state index is 0.105. The molecule has 0 aliphatic rings. The lowest BCUT2D eigenvalue weighted by atomic mass is 10.0. The molecule has 1 unspecified atom stereocenters. The van der Waals surface area contributed by atoms with Gasteiger partial charge in [0.25, 0.3) is 0 Å². The van der Waals surface area contributed by atoms with Crippen molar-refractivity contribution in [3.05, 3.63) is 52.3 Å². The number of Topliss-reactive ketones (excluding diaryl/α,β-unsaturated/α-hetero) is 1. The summed E-state index contributed by atoms with van der Waals surface area (Å²) in [5.74, 6) is -0.135. The summed E-state index contributed by atoms with van der Waals surface area (Å²) in [7, 11) is 0. The van der Waals surface area contributed by atoms with Crippen LogP contribution in [0.1, 0.15) is 42.0 Å². The second-order valence-electron chi connectivity index (χ2n) is 4.63. The van der Waals surface area contributed by atoms with E-state index in [4.69, 9.17) is 5.73 Å². The lowest BCUT2D eigenvalue weighted by Crippen LogP contribution is -2.25. The Labute approximate surface area is 120 Å². The summed E-state index contributed by atoms with van der Waals surface area (Å²) in [4.78, 5) is 12.5. The zero-order chi connectivity index (χ0) is 14.0. The molecule has 2 rings (SSSR count). The van der Waals surface area contributed by atoms with E-state index in [-0.39, 0.29) is 11.8 Å². The Morgan fingerprint density at radius 1 is 1.32 bits per heavy atom. The number of carbonyl (C=O) groups excluding carboxylic acids is 1. The Hall–Kier alpha value is -1.46. The fourth-order valence-electron chi connectivity index (χ4n) is 1.92. The molecule has 2 N–H and O–H groups in total. The summed E-state index contributed by atoms with van der Waals surface area (Å²) in [6.45, 7) is 3.95. The van der Waals surface area contributed by atoms with Gasteiger partial charge >= 0.3 is 0 Å². The van der Waals surface area contributed by atoms with Gasteiger partial charge in [-0.05, 0) is 35.3 Å². The van der Waals surface area contributed by atoms with E-state index in [1.165, 1.54) is 0 Å². The molecule has 0 aliphatic carbocycles. The van der Waals surface area contributed by atoms with E-state index in [1.54, 1.807) is 10.9 Å². The third-order valence-electron chi connectivity index (χ3n) is 2.91. The van der Waals surface area contributed by atoms with Crippen molar-refractivity contribution in [1.29, 1.82) is 0 Å². The van der Waals surface area contributed by atoms with Crippen molar-refractivity contribution < 1.29 is 4.79 Å². The number of nitrogens with zero attached hydrogens (tertiary/aromatic N) is 2. The van der Waals surface area contributed by atoms with Crippen LogP contribution in [0.15, 0.2) is 41.0 Å². The van der Waals surface area contributed by atoms with E-state index >= 15 is 0 Å². The molecule has 0 saturated heterocycles. The van der Waals surface area contributed by atoms with Gasteiger partial charge in [0.15, 0.2) is 0 Å². The van der Waals surface area contributed by atoms with Crippen LogP contribution in [0.25, 0.3) is 0 Å². The largest absolute Gasteiger partial charge is 0.317 e. The topological polar surface area (TPSA) is 60.9 Å². The number of hydrogen-bond donors (Lipinski definition) is 1. The van der Waals surface area contributed by atoms with Crippen LogP contribution < -0.4 is 5.73 Å². The highest BCUT2D eigenvalue weighted by Crippen LogP contribution is 2.24. The standard InChI is InChI=1S/C14H16BrN3O/c1-9(2)18-13(11(15)8-17-18)14(19)12(16)10-6-4-3-5-7-10/h3-9,12H,16H2,1-2H3. The van der Waals surface area contributed by atoms with Crippen molar-refractivity contribution in [2.75, 3.05) is 0 Å². The molecule has 4 nitrogen and oxygen atoms in total. The van der Waals surface area contributed by atoms with Gasteiger partial charge in [-0.15, -0.1) is 0 Å². The fourth-order valence-corrected chi connectivity index (χ4v) is 2.39. The van der Waals surface area contributed by atoms with Crippen molar-refractivity contribution in [3.63, 3.8) is 0 Å². The Morgan fingerprint density at radius 2 is 1.95 bits per heavy atom. The first-order chi connectivity index (χ1) is 9.02. The molecule has 0 bridgehead atoms. The molecule has 100 valence electrons. The second-order valence-corrected chi connectivity index (χ2v) is 5.49. The van der Waals surface area contributed by atoms with Crippen LogP contribution in [-0.2, 0) is 0 Å². The molecule has 1 atom stereocenters. The number of aromatic nitrogens is 2. The first-order valence-electron chi connectivity index (χ1n) is 6.10. The quantitative estimate of drug-likeness (QED) is 0.880. The molecule has 19 heavy (non-hydrogen) atoms. The molecule has 5 heteroatoms.